The van der Waals surface area contributed by atoms with E-state index in [0.717, 1.165) is 45.4 Å². The Kier molecular flexibility index (Phi) is 31.6. The minimum Gasteiger partial charge on any atom is -0.478 e. The molecule has 7 heteroatoms. The lowest BCUT2D eigenvalue weighted by atomic mass is 10.0. The summed E-state index contributed by atoms with van der Waals surface area (Å²) in [5, 5.41) is 9.63. The van der Waals surface area contributed by atoms with Crippen LogP contribution in [0, 0.1) is 0 Å². The van der Waals surface area contributed by atoms with E-state index in [0.29, 0.717) is 12.8 Å². The maximum Gasteiger partial charge on any atom is 0.349 e. The molecule has 270 valence electrons. The number of carboxylic acids is 1. The first-order chi connectivity index (χ1) is 22.3. The fourth-order valence-electron chi connectivity index (χ4n) is 5.93. The molecule has 7 nitrogen and oxygen atoms in total. The van der Waals surface area contributed by atoms with Crippen LogP contribution in [0.25, 0.3) is 0 Å². The summed E-state index contributed by atoms with van der Waals surface area (Å²) in [7, 11) is 0. The Hall–Kier alpha value is -1.92. The number of carbonyl (C=O) groups excluding carboxylic acids is 3. The van der Waals surface area contributed by atoms with Gasteiger partial charge in [0.1, 0.15) is 0 Å². The van der Waals surface area contributed by atoms with Crippen molar-refractivity contribution in [3.05, 3.63) is 0 Å². The highest BCUT2D eigenvalue weighted by Gasteiger charge is 2.38. The molecule has 46 heavy (non-hydrogen) atoms. The highest BCUT2D eigenvalue weighted by Crippen LogP contribution is 2.17. The van der Waals surface area contributed by atoms with Gasteiger partial charge >= 0.3 is 17.9 Å². The molecular weight excluding hydrogens is 580 g/mol. The monoisotopic (exact) mass is 653 g/mol. The van der Waals surface area contributed by atoms with Gasteiger partial charge in [0.15, 0.2) is 5.78 Å². The number of rotatable bonds is 35. The number of unbranched alkanes of at least 4 members (excludes halogenated alkanes) is 26. The predicted molar refractivity (Wildman–Crippen MR) is 188 cm³/mol. The fraction of sp³-hybridized carbons (Fsp3) is 0.897. The zero-order valence-corrected chi connectivity index (χ0v) is 30.3. The Morgan fingerprint density at radius 3 is 0.891 bits per heavy atom. The molecule has 0 aliphatic heterocycles. The number of hydrogen-bond donors (Lipinski definition) is 1. The lowest BCUT2D eigenvalue weighted by Gasteiger charge is -2.22. The van der Waals surface area contributed by atoms with Gasteiger partial charge in [-0.1, -0.05) is 181 Å². The van der Waals surface area contributed by atoms with Crippen molar-refractivity contribution in [2.75, 3.05) is 0 Å². The number of ketones is 1. The molecule has 0 spiro atoms. The van der Waals surface area contributed by atoms with Crippen molar-refractivity contribution >= 4 is 23.7 Å². The van der Waals surface area contributed by atoms with Gasteiger partial charge in [0, 0.05) is 12.8 Å². The standard InChI is InChI=1S/C39H72O7/c1-4-6-8-10-12-14-16-18-19-21-23-24-26-28-30-32-35(41)45-37(34(3)40)38(39(43)44)46-36(42)33-31-29-27-25-22-20-17-15-13-11-9-7-5-2/h37-38H,4-33H2,1-3H3,(H,43,44)/t37-,38+/m1/s1. The van der Waals surface area contributed by atoms with Gasteiger partial charge in [-0.25, -0.2) is 4.79 Å². The highest BCUT2D eigenvalue weighted by molar-refractivity contribution is 5.91. The van der Waals surface area contributed by atoms with E-state index in [2.05, 4.69) is 13.8 Å². The van der Waals surface area contributed by atoms with Crippen LogP contribution in [0.2, 0.25) is 0 Å². The first-order valence-corrected chi connectivity index (χ1v) is 19.5. The average Bonchev–Trinajstić information content (AvgIpc) is 3.02. The quantitative estimate of drug-likeness (QED) is 0.0536. The average molecular weight is 653 g/mol. The predicted octanol–water partition coefficient (Wildman–Crippen LogP) is 11.2. The molecule has 0 aromatic carbocycles. The third kappa shape index (κ3) is 28.3. The molecular formula is C39H72O7. The number of ether oxygens (including phenoxy) is 2. The molecule has 1 N–H and O–H groups in total. The lowest BCUT2D eigenvalue weighted by Crippen LogP contribution is -2.45. The van der Waals surface area contributed by atoms with Gasteiger partial charge in [0.25, 0.3) is 0 Å². The van der Waals surface area contributed by atoms with Crippen molar-refractivity contribution in [1.82, 2.24) is 0 Å². The van der Waals surface area contributed by atoms with Crippen molar-refractivity contribution in [2.24, 2.45) is 0 Å². The van der Waals surface area contributed by atoms with Crippen molar-refractivity contribution in [1.29, 1.82) is 0 Å². The van der Waals surface area contributed by atoms with Crippen LogP contribution in [0.3, 0.4) is 0 Å². The molecule has 0 saturated heterocycles. The van der Waals surface area contributed by atoms with Crippen molar-refractivity contribution in [3.8, 4) is 0 Å². The molecule has 2 atom stereocenters. The number of carboxylic acid groups (broad SMARTS) is 1. The van der Waals surface area contributed by atoms with Crippen LogP contribution in [0.5, 0.6) is 0 Å². The number of Topliss-reactive ketones (excluding diaryl/α,β-unsaturated/α-hetero) is 1. The van der Waals surface area contributed by atoms with Crippen molar-refractivity contribution < 1.29 is 33.8 Å². The Balaban J connectivity index is 4.03. The van der Waals surface area contributed by atoms with Gasteiger partial charge in [-0.05, 0) is 19.8 Å². The molecule has 0 aromatic heterocycles. The molecule has 0 aromatic rings. The second-order valence-corrected chi connectivity index (χ2v) is 13.5. The van der Waals surface area contributed by atoms with Gasteiger partial charge in [-0.3, -0.25) is 14.4 Å². The minimum atomic E-state index is -1.82. The molecule has 0 aliphatic rings. The molecule has 0 aliphatic carbocycles. The Bertz CT molecular complexity index is 751. The summed E-state index contributed by atoms with van der Waals surface area (Å²) in [5.41, 5.74) is 0. The van der Waals surface area contributed by atoms with Gasteiger partial charge < -0.3 is 14.6 Å². The highest BCUT2D eigenvalue weighted by atomic mass is 16.6. The lowest BCUT2D eigenvalue weighted by molar-refractivity contribution is -0.181. The van der Waals surface area contributed by atoms with Gasteiger partial charge in [0.2, 0.25) is 12.2 Å². The largest absolute Gasteiger partial charge is 0.478 e. The van der Waals surface area contributed by atoms with E-state index in [1.807, 2.05) is 0 Å². The van der Waals surface area contributed by atoms with E-state index in [1.165, 1.54) is 128 Å². The van der Waals surface area contributed by atoms with E-state index < -0.39 is 35.9 Å². The molecule has 0 fully saturated rings. The molecule has 0 radical (unpaired) electrons. The third-order valence-corrected chi connectivity index (χ3v) is 8.90. The van der Waals surface area contributed by atoms with Crippen LogP contribution in [-0.4, -0.2) is 41.0 Å². The van der Waals surface area contributed by atoms with Crippen LogP contribution in [-0.2, 0) is 28.7 Å². The summed E-state index contributed by atoms with van der Waals surface area (Å²) in [6.07, 6.45) is 30.4. The molecule has 0 heterocycles. The summed E-state index contributed by atoms with van der Waals surface area (Å²) in [6, 6.07) is 0. The molecule has 0 saturated carbocycles. The molecule has 0 amide bonds. The van der Waals surface area contributed by atoms with Crippen LogP contribution < -0.4 is 0 Å². The van der Waals surface area contributed by atoms with Gasteiger partial charge in [-0.15, -0.1) is 0 Å². The zero-order valence-electron chi connectivity index (χ0n) is 30.3. The summed E-state index contributed by atoms with van der Waals surface area (Å²) in [6.45, 7) is 5.64. The van der Waals surface area contributed by atoms with Crippen LogP contribution in [0.4, 0.5) is 0 Å². The van der Waals surface area contributed by atoms with E-state index in [1.54, 1.807) is 0 Å². The van der Waals surface area contributed by atoms with Crippen molar-refractivity contribution in [3.63, 3.8) is 0 Å². The Labute approximate surface area is 282 Å². The minimum absolute atomic E-state index is 0.0826. The van der Waals surface area contributed by atoms with E-state index in [9.17, 15) is 24.3 Å². The fourth-order valence-corrected chi connectivity index (χ4v) is 5.93. The second kappa shape index (κ2) is 33.0. The zero-order chi connectivity index (χ0) is 34.1. The summed E-state index contributed by atoms with van der Waals surface area (Å²) in [5.74, 6) is -3.45. The Morgan fingerprint density at radius 1 is 0.413 bits per heavy atom. The summed E-state index contributed by atoms with van der Waals surface area (Å²) in [4.78, 5) is 48.8. The maximum absolute atomic E-state index is 12.4. The second-order valence-electron chi connectivity index (χ2n) is 13.5. The molecule has 0 bridgehead atoms. The Morgan fingerprint density at radius 2 is 0.652 bits per heavy atom. The summed E-state index contributed by atoms with van der Waals surface area (Å²) < 4.78 is 10.4. The maximum atomic E-state index is 12.4. The number of aliphatic carboxylic acids is 1. The number of carbonyl (C=O) groups is 4. The van der Waals surface area contributed by atoms with Crippen molar-refractivity contribution in [2.45, 2.75) is 226 Å². The van der Waals surface area contributed by atoms with E-state index in [4.69, 9.17) is 9.47 Å². The normalized spacial score (nSPS) is 12.5. The van der Waals surface area contributed by atoms with Crippen LogP contribution in [0.15, 0.2) is 0 Å². The number of esters is 2. The third-order valence-electron chi connectivity index (χ3n) is 8.90. The van der Waals surface area contributed by atoms with E-state index >= 15 is 0 Å². The SMILES string of the molecule is CCCCCCCCCCCCCCCCCC(=O)O[C@H](C(C)=O)[C@H](OC(=O)CCCCCCCCCCCCCCC)C(=O)O. The van der Waals surface area contributed by atoms with Gasteiger partial charge in [0.05, 0.1) is 0 Å². The summed E-state index contributed by atoms with van der Waals surface area (Å²) >= 11 is 0. The van der Waals surface area contributed by atoms with Gasteiger partial charge in [-0.2, -0.15) is 0 Å². The van der Waals surface area contributed by atoms with Crippen LogP contribution in [0.1, 0.15) is 213 Å². The molecule has 0 unspecified atom stereocenters. The van der Waals surface area contributed by atoms with Crippen LogP contribution >= 0.6 is 0 Å². The molecule has 0 rings (SSSR count). The topological polar surface area (TPSA) is 107 Å². The number of hydrogen-bond acceptors (Lipinski definition) is 6. The van der Waals surface area contributed by atoms with E-state index in [-0.39, 0.29) is 12.8 Å². The first-order valence-electron chi connectivity index (χ1n) is 19.5. The smallest absolute Gasteiger partial charge is 0.349 e. The first kappa shape index (κ1) is 44.1.